The van der Waals surface area contributed by atoms with Gasteiger partial charge in [-0.15, -0.1) is 0 Å². The number of carbonyl (C=O) groups excluding carboxylic acids is 1. The van der Waals surface area contributed by atoms with Crippen molar-refractivity contribution < 1.29 is 9.53 Å². The first-order valence-electron chi connectivity index (χ1n) is 7.40. The molecule has 0 spiro atoms. The van der Waals surface area contributed by atoms with Gasteiger partial charge in [0.15, 0.2) is 0 Å². The molecule has 1 atom stereocenters. The normalized spacial score (nSPS) is 17.5. The number of carbonyl (C=O) groups is 1. The monoisotopic (exact) mass is 315 g/mol. The molecule has 3 nitrogen and oxygen atoms in total. The molecule has 1 aliphatic heterocycles. The fourth-order valence-corrected chi connectivity index (χ4v) is 3.31. The number of hydrogen-bond donors (Lipinski definition) is 0. The molecule has 1 heterocycles. The van der Waals surface area contributed by atoms with Crippen molar-refractivity contribution in [3.05, 3.63) is 64.7 Å². The van der Waals surface area contributed by atoms with Crippen molar-refractivity contribution in [1.29, 1.82) is 0 Å². The average molecular weight is 316 g/mol. The third-order valence-corrected chi connectivity index (χ3v) is 4.48. The van der Waals surface area contributed by atoms with E-state index in [2.05, 4.69) is 11.0 Å². The number of benzene rings is 2. The molecule has 1 saturated heterocycles. The first kappa shape index (κ1) is 14.9. The van der Waals surface area contributed by atoms with E-state index in [1.165, 1.54) is 12.7 Å². The molecule has 1 fully saturated rings. The Morgan fingerprint density at radius 1 is 1.18 bits per heavy atom. The van der Waals surface area contributed by atoms with Crippen LogP contribution in [0.1, 0.15) is 34.8 Å². The van der Waals surface area contributed by atoms with Crippen LogP contribution in [0, 0.1) is 0 Å². The zero-order valence-corrected chi connectivity index (χ0v) is 13.2. The molecular weight excluding hydrogens is 298 g/mol. The molecule has 0 bridgehead atoms. The molecule has 114 valence electrons. The number of hydrogen-bond acceptors (Lipinski definition) is 3. The molecule has 0 aliphatic carbocycles. The van der Waals surface area contributed by atoms with E-state index in [4.69, 9.17) is 16.3 Å². The van der Waals surface area contributed by atoms with Gasteiger partial charge in [0.25, 0.3) is 0 Å². The molecule has 4 heteroatoms. The number of nitrogens with zero attached hydrogens (tertiary/aromatic N) is 1. The van der Waals surface area contributed by atoms with Crippen LogP contribution in [0.2, 0.25) is 5.02 Å². The van der Waals surface area contributed by atoms with Gasteiger partial charge in [0, 0.05) is 17.3 Å². The molecule has 0 amide bonds. The number of anilines is 1. The molecule has 1 aliphatic rings. The quantitative estimate of drug-likeness (QED) is 0.783. The lowest BCUT2D eigenvalue weighted by Gasteiger charge is -2.28. The predicted octanol–water partition coefficient (Wildman–Crippen LogP) is 4.47. The van der Waals surface area contributed by atoms with Gasteiger partial charge in [0.1, 0.15) is 0 Å². The second-order valence-electron chi connectivity index (χ2n) is 5.41. The van der Waals surface area contributed by atoms with Crippen molar-refractivity contribution in [2.24, 2.45) is 0 Å². The van der Waals surface area contributed by atoms with Crippen LogP contribution >= 0.6 is 11.6 Å². The molecule has 0 unspecified atom stereocenters. The van der Waals surface area contributed by atoms with Gasteiger partial charge in [0.2, 0.25) is 0 Å². The van der Waals surface area contributed by atoms with E-state index in [1.807, 2.05) is 42.5 Å². The van der Waals surface area contributed by atoms with Crippen LogP contribution in [0.3, 0.4) is 0 Å². The number of methoxy groups -OCH3 is 1. The number of esters is 1. The van der Waals surface area contributed by atoms with Gasteiger partial charge in [-0.3, -0.25) is 0 Å². The van der Waals surface area contributed by atoms with E-state index in [9.17, 15) is 4.79 Å². The molecule has 2 aromatic carbocycles. The summed E-state index contributed by atoms with van der Waals surface area (Å²) in [5, 5.41) is 0.811. The average Bonchev–Trinajstić information content (AvgIpc) is 3.04. The molecule has 22 heavy (non-hydrogen) atoms. The van der Waals surface area contributed by atoms with Crippen LogP contribution in [0.25, 0.3) is 0 Å². The summed E-state index contributed by atoms with van der Waals surface area (Å²) >= 11 is 6.35. The minimum absolute atomic E-state index is 0.290. The first-order chi connectivity index (χ1) is 10.7. The first-order valence-corrected chi connectivity index (χ1v) is 7.78. The topological polar surface area (TPSA) is 29.5 Å². The summed E-state index contributed by atoms with van der Waals surface area (Å²) in [6.45, 7) is 0.994. The van der Waals surface area contributed by atoms with Gasteiger partial charge < -0.3 is 9.64 Å². The lowest BCUT2D eigenvalue weighted by atomic mass is 10.0. The maximum absolute atomic E-state index is 11.5. The van der Waals surface area contributed by atoms with Crippen LogP contribution in [0.5, 0.6) is 0 Å². The van der Waals surface area contributed by atoms with E-state index in [-0.39, 0.29) is 12.0 Å². The Hall–Kier alpha value is -2.00. The summed E-state index contributed by atoms with van der Waals surface area (Å²) in [5.41, 5.74) is 2.84. The van der Waals surface area contributed by atoms with Gasteiger partial charge in [-0.1, -0.05) is 29.8 Å². The lowest BCUT2D eigenvalue weighted by Crippen LogP contribution is -2.22. The Morgan fingerprint density at radius 2 is 1.91 bits per heavy atom. The van der Waals surface area contributed by atoms with Crippen LogP contribution in [0.15, 0.2) is 48.5 Å². The van der Waals surface area contributed by atoms with E-state index < -0.39 is 0 Å². The van der Waals surface area contributed by atoms with Crippen molar-refractivity contribution in [3.8, 4) is 0 Å². The van der Waals surface area contributed by atoms with Crippen molar-refractivity contribution in [3.63, 3.8) is 0 Å². The Kier molecular flexibility index (Phi) is 4.34. The summed E-state index contributed by atoms with van der Waals surface area (Å²) < 4.78 is 4.74. The maximum atomic E-state index is 11.5. The van der Waals surface area contributed by atoms with Crippen LogP contribution in [0.4, 0.5) is 5.69 Å². The van der Waals surface area contributed by atoms with Gasteiger partial charge >= 0.3 is 5.97 Å². The van der Waals surface area contributed by atoms with E-state index in [0.29, 0.717) is 5.56 Å². The minimum Gasteiger partial charge on any atom is -0.465 e. The van der Waals surface area contributed by atoms with Crippen molar-refractivity contribution in [1.82, 2.24) is 0 Å². The summed E-state index contributed by atoms with van der Waals surface area (Å²) in [4.78, 5) is 13.9. The Balaban J connectivity index is 1.87. The molecule has 3 rings (SSSR count). The summed E-state index contributed by atoms with van der Waals surface area (Å²) in [7, 11) is 1.39. The lowest BCUT2D eigenvalue weighted by molar-refractivity contribution is 0.0601. The summed E-state index contributed by atoms with van der Waals surface area (Å²) in [6.07, 6.45) is 2.22. The number of ether oxygens (including phenoxy) is 1. The Morgan fingerprint density at radius 3 is 2.59 bits per heavy atom. The number of halogens is 1. The van der Waals surface area contributed by atoms with Crippen LogP contribution < -0.4 is 4.90 Å². The number of rotatable bonds is 3. The van der Waals surface area contributed by atoms with Crippen LogP contribution in [-0.2, 0) is 4.74 Å². The zero-order chi connectivity index (χ0) is 15.5. The highest BCUT2D eigenvalue weighted by molar-refractivity contribution is 6.31. The Labute approximate surface area is 135 Å². The minimum atomic E-state index is -0.310. The molecule has 0 radical (unpaired) electrons. The standard InChI is InChI=1S/C18H18ClNO2/c1-22-18(21)13-8-10-14(11-9-13)20-12-4-7-17(20)15-5-2-3-6-16(15)19/h2-3,5-6,8-11,17H,4,7,12H2,1H3/t17-/m0/s1. The third-order valence-electron chi connectivity index (χ3n) is 4.14. The molecule has 0 aromatic heterocycles. The molecule has 0 saturated carbocycles. The van der Waals surface area contributed by atoms with Crippen LogP contribution in [-0.4, -0.2) is 19.6 Å². The van der Waals surface area contributed by atoms with Gasteiger partial charge in [0.05, 0.1) is 18.7 Å². The van der Waals surface area contributed by atoms with Gasteiger partial charge in [-0.2, -0.15) is 0 Å². The Bertz CT molecular complexity index is 669. The fourth-order valence-electron chi connectivity index (χ4n) is 3.05. The zero-order valence-electron chi connectivity index (χ0n) is 12.5. The highest BCUT2D eigenvalue weighted by Crippen LogP contribution is 2.38. The predicted molar refractivity (Wildman–Crippen MR) is 88.6 cm³/mol. The second-order valence-corrected chi connectivity index (χ2v) is 5.82. The molecule has 0 N–H and O–H groups in total. The van der Waals surface area contributed by atoms with E-state index >= 15 is 0 Å². The van der Waals surface area contributed by atoms with E-state index in [1.54, 1.807) is 0 Å². The van der Waals surface area contributed by atoms with E-state index in [0.717, 1.165) is 30.1 Å². The van der Waals surface area contributed by atoms with Crippen molar-refractivity contribution >= 4 is 23.3 Å². The third kappa shape index (κ3) is 2.81. The highest BCUT2D eigenvalue weighted by atomic mass is 35.5. The van der Waals surface area contributed by atoms with Crippen molar-refractivity contribution in [2.75, 3.05) is 18.6 Å². The van der Waals surface area contributed by atoms with Crippen molar-refractivity contribution in [2.45, 2.75) is 18.9 Å². The summed E-state index contributed by atoms with van der Waals surface area (Å²) in [5.74, 6) is -0.310. The largest absolute Gasteiger partial charge is 0.465 e. The van der Waals surface area contributed by atoms with Gasteiger partial charge in [-0.25, -0.2) is 4.79 Å². The molecular formula is C18H18ClNO2. The summed E-state index contributed by atoms with van der Waals surface area (Å²) in [6, 6.07) is 15.9. The molecule has 2 aromatic rings. The highest BCUT2D eigenvalue weighted by Gasteiger charge is 2.27. The fraction of sp³-hybridized carbons (Fsp3) is 0.278. The second kappa shape index (κ2) is 6.41. The smallest absolute Gasteiger partial charge is 0.337 e. The van der Waals surface area contributed by atoms with Gasteiger partial charge in [-0.05, 0) is 48.7 Å². The SMILES string of the molecule is COC(=O)c1ccc(N2CCC[C@H]2c2ccccc2Cl)cc1. The maximum Gasteiger partial charge on any atom is 0.337 e.